The SMILES string of the molecule is COCCNCCC(=O)Nc1ccc(F)c(F)c1. The molecule has 1 aromatic rings. The second-order valence-electron chi connectivity index (χ2n) is 3.67. The topological polar surface area (TPSA) is 50.4 Å². The third-order valence-electron chi connectivity index (χ3n) is 2.22. The Hall–Kier alpha value is -1.53. The fourth-order valence-corrected chi connectivity index (χ4v) is 1.30. The molecule has 0 unspecified atom stereocenters. The van der Waals surface area contributed by atoms with Gasteiger partial charge in [0, 0.05) is 38.4 Å². The summed E-state index contributed by atoms with van der Waals surface area (Å²) in [5, 5.41) is 5.49. The van der Waals surface area contributed by atoms with Gasteiger partial charge < -0.3 is 15.4 Å². The molecule has 0 radical (unpaired) electrons. The number of carbonyl (C=O) groups excluding carboxylic acids is 1. The maximum atomic E-state index is 12.9. The number of benzene rings is 1. The number of halogens is 2. The lowest BCUT2D eigenvalue weighted by molar-refractivity contribution is -0.116. The Morgan fingerprint density at radius 1 is 1.28 bits per heavy atom. The third-order valence-corrected chi connectivity index (χ3v) is 2.22. The quantitative estimate of drug-likeness (QED) is 0.729. The van der Waals surface area contributed by atoms with E-state index >= 15 is 0 Å². The van der Waals surface area contributed by atoms with E-state index in [1.165, 1.54) is 6.07 Å². The molecule has 0 aromatic heterocycles. The number of hydrogen-bond donors (Lipinski definition) is 2. The second-order valence-corrected chi connectivity index (χ2v) is 3.67. The number of ether oxygens (including phenoxy) is 1. The van der Waals surface area contributed by atoms with Gasteiger partial charge in [0.1, 0.15) is 0 Å². The van der Waals surface area contributed by atoms with Crippen molar-refractivity contribution in [3.05, 3.63) is 29.8 Å². The lowest BCUT2D eigenvalue weighted by atomic mass is 10.3. The van der Waals surface area contributed by atoms with Crippen molar-refractivity contribution < 1.29 is 18.3 Å². The van der Waals surface area contributed by atoms with Gasteiger partial charge in [0.05, 0.1) is 6.61 Å². The van der Waals surface area contributed by atoms with Gasteiger partial charge in [0.2, 0.25) is 5.91 Å². The molecule has 1 aromatic carbocycles. The Balaban J connectivity index is 2.29. The molecule has 4 nitrogen and oxygen atoms in total. The number of amides is 1. The van der Waals surface area contributed by atoms with E-state index in [2.05, 4.69) is 10.6 Å². The van der Waals surface area contributed by atoms with Gasteiger partial charge in [0.15, 0.2) is 11.6 Å². The molecule has 0 fully saturated rings. The Labute approximate surface area is 104 Å². The van der Waals surface area contributed by atoms with Crippen LogP contribution in [0.25, 0.3) is 0 Å². The molecule has 0 atom stereocenters. The van der Waals surface area contributed by atoms with E-state index in [4.69, 9.17) is 4.74 Å². The molecule has 0 aliphatic carbocycles. The molecule has 0 saturated carbocycles. The van der Waals surface area contributed by atoms with E-state index < -0.39 is 11.6 Å². The van der Waals surface area contributed by atoms with Crippen LogP contribution in [-0.4, -0.2) is 32.7 Å². The number of nitrogens with one attached hydrogen (secondary N) is 2. The smallest absolute Gasteiger partial charge is 0.225 e. The summed E-state index contributed by atoms with van der Waals surface area (Å²) < 4.78 is 30.3. The number of methoxy groups -OCH3 is 1. The van der Waals surface area contributed by atoms with Crippen molar-refractivity contribution in [3.8, 4) is 0 Å². The van der Waals surface area contributed by atoms with E-state index in [-0.39, 0.29) is 18.0 Å². The Bertz CT molecular complexity index is 400. The van der Waals surface area contributed by atoms with Gasteiger partial charge in [-0.25, -0.2) is 8.78 Å². The van der Waals surface area contributed by atoms with E-state index in [0.29, 0.717) is 19.7 Å². The van der Waals surface area contributed by atoms with Crippen molar-refractivity contribution in [1.82, 2.24) is 5.32 Å². The lowest BCUT2D eigenvalue weighted by Gasteiger charge is -2.06. The standard InChI is InChI=1S/C12H16F2N2O2/c1-18-7-6-15-5-4-12(17)16-9-2-3-10(13)11(14)8-9/h2-3,8,15H,4-7H2,1H3,(H,16,17). The molecule has 0 aliphatic heterocycles. The predicted octanol–water partition coefficient (Wildman–Crippen LogP) is 1.53. The third kappa shape index (κ3) is 5.20. The van der Waals surface area contributed by atoms with Crippen LogP contribution in [0.1, 0.15) is 6.42 Å². The van der Waals surface area contributed by atoms with Crippen LogP contribution < -0.4 is 10.6 Å². The number of hydrogen-bond acceptors (Lipinski definition) is 3. The molecule has 1 rings (SSSR count). The van der Waals surface area contributed by atoms with Gasteiger partial charge in [-0.15, -0.1) is 0 Å². The molecule has 0 spiro atoms. The van der Waals surface area contributed by atoms with Crippen LogP contribution in [-0.2, 0) is 9.53 Å². The highest BCUT2D eigenvalue weighted by atomic mass is 19.2. The minimum atomic E-state index is -0.981. The van der Waals surface area contributed by atoms with Gasteiger partial charge in [-0.1, -0.05) is 0 Å². The van der Waals surface area contributed by atoms with Crippen molar-refractivity contribution >= 4 is 11.6 Å². The van der Waals surface area contributed by atoms with Crippen LogP contribution in [0, 0.1) is 11.6 Å². The Kier molecular flexibility index (Phi) is 6.24. The summed E-state index contributed by atoms with van der Waals surface area (Å²) in [6.07, 6.45) is 0.253. The molecular weight excluding hydrogens is 242 g/mol. The van der Waals surface area contributed by atoms with Crippen LogP contribution >= 0.6 is 0 Å². The van der Waals surface area contributed by atoms with Crippen LogP contribution in [0.15, 0.2) is 18.2 Å². The zero-order valence-corrected chi connectivity index (χ0v) is 10.1. The van der Waals surface area contributed by atoms with Crippen molar-refractivity contribution in [2.75, 3.05) is 32.1 Å². The van der Waals surface area contributed by atoms with Crippen molar-refractivity contribution in [3.63, 3.8) is 0 Å². The molecule has 0 bridgehead atoms. The van der Waals surface area contributed by atoms with Gasteiger partial charge in [-0.3, -0.25) is 4.79 Å². The molecule has 2 N–H and O–H groups in total. The first-order valence-corrected chi connectivity index (χ1v) is 5.58. The zero-order chi connectivity index (χ0) is 13.4. The minimum absolute atomic E-state index is 0.246. The second kappa shape index (κ2) is 7.73. The maximum absolute atomic E-state index is 12.9. The number of anilines is 1. The monoisotopic (exact) mass is 258 g/mol. The highest BCUT2D eigenvalue weighted by Crippen LogP contribution is 2.13. The van der Waals surface area contributed by atoms with Crippen LogP contribution in [0.5, 0.6) is 0 Å². The predicted molar refractivity (Wildman–Crippen MR) is 64.4 cm³/mol. The summed E-state index contributed by atoms with van der Waals surface area (Å²) in [4.78, 5) is 11.4. The summed E-state index contributed by atoms with van der Waals surface area (Å²) in [6, 6.07) is 3.24. The fraction of sp³-hybridized carbons (Fsp3) is 0.417. The van der Waals surface area contributed by atoms with Crippen molar-refractivity contribution in [1.29, 1.82) is 0 Å². The van der Waals surface area contributed by atoms with Crippen LogP contribution in [0.3, 0.4) is 0 Å². The highest BCUT2D eigenvalue weighted by Gasteiger charge is 2.05. The number of carbonyl (C=O) groups is 1. The van der Waals surface area contributed by atoms with Gasteiger partial charge >= 0.3 is 0 Å². The minimum Gasteiger partial charge on any atom is -0.383 e. The Morgan fingerprint density at radius 2 is 2.06 bits per heavy atom. The summed E-state index contributed by atoms with van der Waals surface area (Å²) in [7, 11) is 1.59. The van der Waals surface area contributed by atoms with E-state index in [0.717, 1.165) is 12.1 Å². The van der Waals surface area contributed by atoms with Gasteiger partial charge in [0.25, 0.3) is 0 Å². The molecule has 0 aliphatic rings. The largest absolute Gasteiger partial charge is 0.383 e. The van der Waals surface area contributed by atoms with E-state index in [1.54, 1.807) is 7.11 Å². The Morgan fingerprint density at radius 3 is 2.72 bits per heavy atom. The normalized spacial score (nSPS) is 10.4. The first kappa shape index (κ1) is 14.5. The highest BCUT2D eigenvalue weighted by molar-refractivity contribution is 5.90. The summed E-state index contributed by atoms with van der Waals surface area (Å²) >= 11 is 0. The fourth-order valence-electron chi connectivity index (χ4n) is 1.30. The van der Waals surface area contributed by atoms with Gasteiger partial charge in [-0.05, 0) is 12.1 Å². The first-order valence-electron chi connectivity index (χ1n) is 5.58. The summed E-state index contributed by atoms with van der Waals surface area (Å²) in [5.74, 6) is -2.17. The molecule has 1 amide bonds. The molecule has 100 valence electrons. The summed E-state index contributed by atoms with van der Waals surface area (Å²) in [5.41, 5.74) is 0.246. The lowest BCUT2D eigenvalue weighted by Crippen LogP contribution is -2.24. The first-order chi connectivity index (χ1) is 8.63. The molecule has 6 heteroatoms. The average molecular weight is 258 g/mol. The number of rotatable bonds is 7. The summed E-state index contributed by atoms with van der Waals surface area (Å²) in [6.45, 7) is 1.73. The molecule has 18 heavy (non-hydrogen) atoms. The van der Waals surface area contributed by atoms with Crippen molar-refractivity contribution in [2.24, 2.45) is 0 Å². The maximum Gasteiger partial charge on any atom is 0.225 e. The zero-order valence-electron chi connectivity index (χ0n) is 10.1. The average Bonchev–Trinajstić information content (AvgIpc) is 2.34. The van der Waals surface area contributed by atoms with E-state index in [1.807, 2.05) is 0 Å². The molecule has 0 heterocycles. The molecule has 0 saturated heterocycles. The van der Waals surface area contributed by atoms with Crippen LogP contribution in [0.2, 0.25) is 0 Å². The van der Waals surface area contributed by atoms with Crippen molar-refractivity contribution in [2.45, 2.75) is 6.42 Å². The van der Waals surface area contributed by atoms with Gasteiger partial charge in [-0.2, -0.15) is 0 Å². The van der Waals surface area contributed by atoms with E-state index in [9.17, 15) is 13.6 Å². The van der Waals surface area contributed by atoms with Crippen LogP contribution in [0.4, 0.5) is 14.5 Å². The molecular formula is C12H16F2N2O2.